The third-order valence-corrected chi connectivity index (χ3v) is 2.57. The fraction of sp³-hybridized carbons (Fsp3) is 1.00. The van der Waals surface area contributed by atoms with Gasteiger partial charge in [0.15, 0.2) is 0 Å². The average molecular weight is 173 g/mol. The van der Waals surface area contributed by atoms with E-state index in [1.165, 1.54) is 0 Å². The molecule has 1 fully saturated rings. The Morgan fingerprint density at radius 3 is 2.67 bits per heavy atom. The molecule has 1 heterocycles. The van der Waals surface area contributed by atoms with E-state index in [2.05, 4.69) is 4.90 Å². The van der Waals surface area contributed by atoms with E-state index in [1.807, 2.05) is 13.8 Å². The van der Waals surface area contributed by atoms with Crippen LogP contribution in [-0.2, 0) is 0 Å². The lowest BCUT2D eigenvalue weighted by Crippen LogP contribution is -2.39. The van der Waals surface area contributed by atoms with Crippen LogP contribution in [0.3, 0.4) is 0 Å². The van der Waals surface area contributed by atoms with Crippen molar-refractivity contribution in [2.45, 2.75) is 38.4 Å². The van der Waals surface area contributed by atoms with Crippen LogP contribution < -0.4 is 0 Å². The summed E-state index contributed by atoms with van der Waals surface area (Å²) in [5, 5.41) is 19.0. The van der Waals surface area contributed by atoms with Gasteiger partial charge in [-0.1, -0.05) is 6.92 Å². The zero-order valence-electron chi connectivity index (χ0n) is 7.95. The molecule has 2 atom stereocenters. The summed E-state index contributed by atoms with van der Waals surface area (Å²) in [6.45, 7) is 6.14. The summed E-state index contributed by atoms with van der Waals surface area (Å²) in [7, 11) is 0. The Bertz CT molecular complexity index is 147. The molecule has 0 bridgehead atoms. The number of likely N-dealkylation sites (tertiary alicyclic amines) is 1. The minimum absolute atomic E-state index is 0.183. The smallest absolute Gasteiger partial charge is 0.0743 e. The lowest BCUT2D eigenvalue weighted by Gasteiger charge is -2.27. The minimum Gasteiger partial charge on any atom is -0.392 e. The van der Waals surface area contributed by atoms with E-state index in [9.17, 15) is 10.2 Å². The monoisotopic (exact) mass is 173 g/mol. The Morgan fingerprint density at radius 2 is 2.25 bits per heavy atom. The molecule has 0 aromatic carbocycles. The Hall–Kier alpha value is -0.120. The first-order valence-corrected chi connectivity index (χ1v) is 4.66. The molecule has 1 saturated heterocycles. The van der Waals surface area contributed by atoms with Crippen molar-refractivity contribution in [3.05, 3.63) is 0 Å². The van der Waals surface area contributed by atoms with Gasteiger partial charge in [0.2, 0.25) is 0 Å². The van der Waals surface area contributed by atoms with Crippen LogP contribution in [0.4, 0.5) is 0 Å². The van der Waals surface area contributed by atoms with Crippen molar-refractivity contribution < 1.29 is 10.2 Å². The van der Waals surface area contributed by atoms with Gasteiger partial charge in [0.05, 0.1) is 11.7 Å². The highest BCUT2D eigenvalue weighted by Crippen LogP contribution is 2.15. The van der Waals surface area contributed by atoms with E-state index in [0.29, 0.717) is 6.54 Å². The van der Waals surface area contributed by atoms with Gasteiger partial charge >= 0.3 is 0 Å². The van der Waals surface area contributed by atoms with E-state index >= 15 is 0 Å². The second-order valence-corrected chi connectivity index (χ2v) is 4.03. The Kier molecular flexibility index (Phi) is 3.09. The van der Waals surface area contributed by atoms with Crippen LogP contribution in [0.25, 0.3) is 0 Å². The fourth-order valence-corrected chi connectivity index (χ4v) is 1.55. The SMILES string of the molecule is CCC(C)(O)CN1CCC(O)C1. The quantitative estimate of drug-likeness (QED) is 0.641. The summed E-state index contributed by atoms with van der Waals surface area (Å²) in [4.78, 5) is 2.12. The first kappa shape index (κ1) is 9.96. The maximum absolute atomic E-state index is 9.75. The number of hydrogen-bond acceptors (Lipinski definition) is 3. The molecule has 0 aliphatic carbocycles. The third kappa shape index (κ3) is 2.73. The highest BCUT2D eigenvalue weighted by Gasteiger charge is 2.27. The van der Waals surface area contributed by atoms with Gasteiger partial charge in [-0.25, -0.2) is 0 Å². The van der Waals surface area contributed by atoms with Gasteiger partial charge in [-0.3, -0.25) is 4.90 Å². The first-order chi connectivity index (χ1) is 5.53. The lowest BCUT2D eigenvalue weighted by atomic mass is 10.0. The minimum atomic E-state index is -0.593. The molecule has 1 aliphatic heterocycles. The molecule has 0 amide bonds. The average Bonchev–Trinajstić information content (AvgIpc) is 2.35. The normalized spacial score (nSPS) is 30.5. The molecular weight excluding hydrogens is 154 g/mol. The van der Waals surface area contributed by atoms with Gasteiger partial charge in [-0.05, 0) is 19.8 Å². The lowest BCUT2D eigenvalue weighted by molar-refractivity contribution is 0.0198. The van der Waals surface area contributed by atoms with Crippen molar-refractivity contribution in [1.82, 2.24) is 4.90 Å². The Balaban J connectivity index is 2.32. The summed E-state index contributed by atoms with van der Waals surface area (Å²) in [5.74, 6) is 0. The van der Waals surface area contributed by atoms with Gasteiger partial charge in [-0.15, -0.1) is 0 Å². The van der Waals surface area contributed by atoms with E-state index in [-0.39, 0.29) is 6.10 Å². The number of nitrogens with zero attached hydrogens (tertiary/aromatic N) is 1. The molecule has 2 N–H and O–H groups in total. The van der Waals surface area contributed by atoms with Crippen LogP contribution in [0.2, 0.25) is 0 Å². The summed E-state index contributed by atoms with van der Waals surface area (Å²) in [6.07, 6.45) is 1.43. The molecule has 3 nitrogen and oxygen atoms in total. The van der Waals surface area contributed by atoms with E-state index < -0.39 is 5.60 Å². The number of rotatable bonds is 3. The van der Waals surface area contributed by atoms with Crippen LogP contribution >= 0.6 is 0 Å². The van der Waals surface area contributed by atoms with E-state index in [1.54, 1.807) is 0 Å². The highest BCUT2D eigenvalue weighted by molar-refractivity contribution is 4.81. The van der Waals surface area contributed by atoms with Crippen LogP contribution in [0.1, 0.15) is 26.7 Å². The zero-order chi connectivity index (χ0) is 9.19. The van der Waals surface area contributed by atoms with Gasteiger partial charge in [-0.2, -0.15) is 0 Å². The Morgan fingerprint density at radius 1 is 1.58 bits per heavy atom. The molecule has 0 saturated carbocycles. The number of aliphatic hydroxyl groups is 2. The second kappa shape index (κ2) is 3.73. The van der Waals surface area contributed by atoms with Crippen molar-refractivity contribution in [2.75, 3.05) is 19.6 Å². The van der Waals surface area contributed by atoms with Crippen LogP contribution in [0.5, 0.6) is 0 Å². The zero-order valence-corrected chi connectivity index (χ0v) is 7.95. The summed E-state index contributed by atoms with van der Waals surface area (Å²) in [6, 6.07) is 0. The standard InChI is InChI=1S/C9H19NO2/c1-3-9(2,12)7-10-5-4-8(11)6-10/h8,11-12H,3-7H2,1-2H3. The molecule has 0 aromatic heterocycles. The van der Waals surface area contributed by atoms with Crippen molar-refractivity contribution in [2.24, 2.45) is 0 Å². The van der Waals surface area contributed by atoms with Crippen molar-refractivity contribution in [3.63, 3.8) is 0 Å². The summed E-state index contributed by atoms with van der Waals surface area (Å²) in [5.41, 5.74) is -0.593. The molecule has 3 heteroatoms. The number of aliphatic hydroxyl groups excluding tert-OH is 1. The fourth-order valence-electron chi connectivity index (χ4n) is 1.55. The molecule has 2 unspecified atom stereocenters. The summed E-state index contributed by atoms with van der Waals surface area (Å²) < 4.78 is 0. The van der Waals surface area contributed by atoms with Gasteiger partial charge in [0, 0.05) is 19.6 Å². The molecule has 0 radical (unpaired) electrons. The summed E-state index contributed by atoms with van der Waals surface area (Å²) >= 11 is 0. The third-order valence-electron chi connectivity index (χ3n) is 2.57. The van der Waals surface area contributed by atoms with Crippen molar-refractivity contribution in [3.8, 4) is 0 Å². The maximum Gasteiger partial charge on any atom is 0.0743 e. The van der Waals surface area contributed by atoms with Gasteiger partial charge in [0.1, 0.15) is 0 Å². The maximum atomic E-state index is 9.75. The first-order valence-electron chi connectivity index (χ1n) is 4.66. The predicted octanol–water partition coefficient (Wildman–Crippen LogP) is 0.214. The Labute approximate surface area is 74.0 Å². The van der Waals surface area contributed by atoms with E-state index in [4.69, 9.17) is 0 Å². The van der Waals surface area contributed by atoms with Crippen LogP contribution in [0.15, 0.2) is 0 Å². The molecule has 72 valence electrons. The van der Waals surface area contributed by atoms with Crippen LogP contribution in [0, 0.1) is 0 Å². The molecule has 1 rings (SSSR count). The van der Waals surface area contributed by atoms with E-state index in [0.717, 1.165) is 25.9 Å². The van der Waals surface area contributed by atoms with Crippen LogP contribution in [-0.4, -0.2) is 46.5 Å². The molecule has 1 aliphatic rings. The number of hydrogen-bond donors (Lipinski definition) is 2. The van der Waals surface area contributed by atoms with Crippen molar-refractivity contribution in [1.29, 1.82) is 0 Å². The predicted molar refractivity (Wildman–Crippen MR) is 48.0 cm³/mol. The van der Waals surface area contributed by atoms with Crippen molar-refractivity contribution >= 4 is 0 Å². The molecule has 0 spiro atoms. The molecule has 12 heavy (non-hydrogen) atoms. The molecule has 0 aromatic rings. The second-order valence-electron chi connectivity index (χ2n) is 4.03. The highest BCUT2D eigenvalue weighted by atomic mass is 16.3. The van der Waals surface area contributed by atoms with Gasteiger partial charge < -0.3 is 10.2 Å². The number of β-amino-alcohol motifs (C(OH)–C–C–N with tert-alkyl or cyclic N) is 2. The molecular formula is C9H19NO2. The largest absolute Gasteiger partial charge is 0.392 e. The topological polar surface area (TPSA) is 43.7 Å². The van der Waals surface area contributed by atoms with Gasteiger partial charge in [0.25, 0.3) is 0 Å².